The maximum absolute atomic E-state index is 11.9. The monoisotopic (exact) mass is 388 g/mol. The maximum Gasteiger partial charge on any atom is 0.303 e. The minimum Gasteiger partial charge on any atom is -0.481 e. The molecule has 1 aromatic carbocycles. The topological polar surface area (TPSA) is 120 Å². The lowest BCUT2D eigenvalue weighted by atomic mass is 10.2. The van der Waals surface area contributed by atoms with Gasteiger partial charge in [0.15, 0.2) is 5.17 Å². The summed E-state index contributed by atoms with van der Waals surface area (Å²) in [4.78, 5) is 34.1. The van der Waals surface area contributed by atoms with Gasteiger partial charge in [-0.3, -0.25) is 14.4 Å². The van der Waals surface area contributed by atoms with Crippen LogP contribution in [0.1, 0.15) is 24.8 Å². The molecule has 0 aliphatic carbocycles. The van der Waals surface area contributed by atoms with Gasteiger partial charge >= 0.3 is 5.97 Å². The van der Waals surface area contributed by atoms with Gasteiger partial charge in [0, 0.05) is 25.6 Å². The van der Waals surface area contributed by atoms with Gasteiger partial charge in [0.1, 0.15) is 5.25 Å². The van der Waals surface area contributed by atoms with Gasteiger partial charge in [0.05, 0.1) is 0 Å². The lowest BCUT2D eigenvalue weighted by Gasteiger charge is -2.06. The van der Waals surface area contributed by atoms with Gasteiger partial charge in [0.25, 0.3) is 0 Å². The Labute approximate surface area is 160 Å². The zero-order valence-corrected chi connectivity index (χ0v) is 15.3. The van der Waals surface area contributed by atoms with Crippen LogP contribution in [-0.4, -0.2) is 46.1 Å². The molecule has 0 spiro atoms. The van der Waals surface area contributed by atoms with Crippen molar-refractivity contribution in [1.29, 1.82) is 0 Å². The largest absolute Gasteiger partial charge is 0.481 e. The van der Waals surface area contributed by atoms with E-state index >= 15 is 0 Å². The molecule has 1 saturated heterocycles. The highest BCUT2D eigenvalue weighted by molar-refractivity contribution is 8.15. The van der Waals surface area contributed by atoms with Gasteiger partial charge < -0.3 is 15.7 Å². The molecule has 1 aromatic rings. The Balaban J connectivity index is 1.74. The molecular weight excluding hydrogens is 368 g/mol. The van der Waals surface area contributed by atoms with Gasteiger partial charge in [-0.25, -0.2) is 0 Å². The molecule has 1 aliphatic heterocycles. The molecule has 3 N–H and O–H groups in total. The summed E-state index contributed by atoms with van der Waals surface area (Å²) in [6, 6.07) is 9.72. The molecule has 1 atom stereocenters. The molecule has 8 nitrogen and oxygen atoms in total. The van der Waals surface area contributed by atoms with Gasteiger partial charge in [-0.05, 0) is 18.1 Å². The van der Waals surface area contributed by atoms with Crippen LogP contribution in [0.15, 0.2) is 46.6 Å². The molecule has 0 bridgehead atoms. The number of carbonyl (C=O) groups excluding carboxylic acids is 2. The van der Waals surface area contributed by atoms with E-state index in [2.05, 4.69) is 20.8 Å². The molecule has 1 fully saturated rings. The molecule has 1 aliphatic rings. The quantitative estimate of drug-likeness (QED) is 0.337. The Morgan fingerprint density at radius 2 is 2.07 bits per heavy atom. The van der Waals surface area contributed by atoms with E-state index in [9.17, 15) is 14.4 Å². The number of carboxylic acids is 1. The van der Waals surface area contributed by atoms with E-state index in [-0.39, 0.29) is 31.2 Å². The summed E-state index contributed by atoms with van der Waals surface area (Å²) in [6.45, 7) is 0.267. The average molecular weight is 388 g/mol. The fourth-order valence-corrected chi connectivity index (χ4v) is 3.06. The first-order valence-electron chi connectivity index (χ1n) is 8.33. The lowest BCUT2D eigenvalue weighted by Crippen LogP contribution is -2.31. The number of amidine groups is 1. The van der Waals surface area contributed by atoms with E-state index in [0.717, 1.165) is 17.3 Å². The van der Waals surface area contributed by atoms with Gasteiger partial charge in [-0.15, -0.1) is 5.10 Å². The van der Waals surface area contributed by atoms with E-state index < -0.39 is 11.2 Å². The molecule has 2 amide bonds. The highest BCUT2D eigenvalue weighted by Gasteiger charge is 2.32. The third-order valence-electron chi connectivity index (χ3n) is 3.43. The fourth-order valence-electron chi connectivity index (χ4n) is 2.14. The summed E-state index contributed by atoms with van der Waals surface area (Å²) in [7, 11) is 0. The van der Waals surface area contributed by atoms with E-state index in [4.69, 9.17) is 5.11 Å². The van der Waals surface area contributed by atoms with Crippen LogP contribution < -0.4 is 10.6 Å². The molecule has 9 heteroatoms. The summed E-state index contributed by atoms with van der Waals surface area (Å²) in [5, 5.41) is 21.3. The molecule has 1 unspecified atom stereocenters. The molecule has 27 heavy (non-hydrogen) atoms. The number of thioether (sulfide) groups is 1. The lowest BCUT2D eigenvalue weighted by molar-refractivity contribution is -0.137. The number of nitrogens with one attached hydrogen (secondary N) is 2. The van der Waals surface area contributed by atoms with Crippen molar-refractivity contribution in [3.05, 3.63) is 42.0 Å². The molecular formula is C18H20N4O4S. The Morgan fingerprint density at radius 1 is 1.30 bits per heavy atom. The number of nitrogens with zero attached hydrogens (tertiary/aromatic N) is 2. The number of benzene rings is 1. The predicted octanol–water partition coefficient (Wildman–Crippen LogP) is 1.64. The van der Waals surface area contributed by atoms with E-state index in [1.807, 2.05) is 36.4 Å². The van der Waals surface area contributed by atoms with Crippen LogP contribution in [0, 0.1) is 0 Å². The van der Waals surface area contributed by atoms with Crippen LogP contribution in [0.2, 0.25) is 0 Å². The molecule has 142 valence electrons. The van der Waals surface area contributed by atoms with Crippen molar-refractivity contribution >= 4 is 47.0 Å². The van der Waals surface area contributed by atoms with Crippen molar-refractivity contribution in [3.8, 4) is 0 Å². The number of allylic oxidation sites excluding steroid dienone is 1. The Kier molecular flexibility index (Phi) is 8.24. The Morgan fingerprint density at radius 3 is 2.81 bits per heavy atom. The first kappa shape index (κ1) is 20.4. The summed E-state index contributed by atoms with van der Waals surface area (Å²) < 4.78 is 0. The normalized spacial score (nSPS) is 18.3. The summed E-state index contributed by atoms with van der Waals surface area (Å²) in [5.74, 6) is -1.51. The van der Waals surface area contributed by atoms with E-state index in [0.29, 0.717) is 11.6 Å². The number of hydrogen-bond donors (Lipinski definition) is 3. The molecule has 2 rings (SSSR count). The number of hydrogen-bond acceptors (Lipinski definition) is 6. The van der Waals surface area contributed by atoms with Gasteiger partial charge in [-0.2, -0.15) is 5.10 Å². The number of carbonyl (C=O) groups is 3. The van der Waals surface area contributed by atoms with Gasteiger partial charge in [-0.1, -0.05) is 48.2 Å². The maximum atomic E-state index is 11.9. The summed E-state index contributed by atoms with van der Waals surface area (Å²) in [6.07, 6.45) is 5.47. The Hall–Kier alpha value is -2.94. The minimum atomic E-state index is -0.907. The highest BCUT2D eigenvalue weighted by Crippen LogP contribution is 2.22. The fraction of sp³-hybridized carbons (Fsp3) is 0.278. The third-order valence-corrected chi connectivity index (χ3v) is 4.50. The van der Waals surface area contributed by atoms with Crippen LogP contribution in [0.25, 0.3) is 6.08 Å². The van der Waals surface area contributed by atoms with Gasteiger partial charge in [0.2, 0.25) is 11.8 Å². The number of aliphatic carboxylic acids is 1. The number of rotatable bonds is 9. The third kappa shape index (κ3) is 7.87. The van der Waals surface area contributed by atoms with Crippen LogP contribution in [0.3, 0.4) is 0 Å². The zero-order valence-electron chi connectivity index (χ0n) is 14.5. The standard InChI is InChI=1S/C18H20N4O4S/c23-15(19-10-5-9-16(24)25)12-14-17(26)21-18(27-14)22-20-11-4-8-13-6-2-1-3-7-13/h1-4,6-8,11,14H,5,9-10,12H2,(H,19,23)(H,24,25)(H,21,22,26)/b8-4+,20-11+. The summed E-state index contributed by atoms with van der Waals surface area (Å²) >= 11 is 1.14. The van der Waals surface area contributed by atoms with Crippen molar-refractivity contribution in [2.75, 3.05) is 6.54 Å². The van der Waals surface area contributed by atoms with Crippen LogP contribution >= 0.6 is 11.8 Å². The molecule has 1 heterocycles. The average Bonchev–Trinajstić information content (AvgIpc) is 2.98. The SMILES string of the molecule is O=C(O)CCCNC(=O)CC1SC(=N/N=C/C=C/c2ccccc2)NC1=O. The second-order valence-electron chi connectivity index (χ2n) is 5.59. The highest BCUT2D eigenvalue weighted by atomic mass is 32.2. The van der Waals surface area contributed by atoms with Crippen molar-refractivity contribution in [1.82, 2.24) is 10.6 Å². The zero-order chi connectivity index (χ0) is 19.5. The van der Waals surface area contributed by atoms with Crippen molar-refractivity contribution in [2.24, 2.45) is 10.2 Å². The Bertz CT molecular complexity index is 762. The van der Waals surface area contributed by atoms with Crippen LogP contribution in [0.5, 0.6) is 0 Å². The van der Waals surface area contributed by atoms with Crippen molar-refractivity contribution < 1.29 is 19.5 Å². The van der Waals surface area contributed by atoms with Crippen LogP contribution in [0.4, 0.5) is 0 Å². The van der Waals surface area contributed by atoms with Crippen molar-refractivity contribution in [2.45, 2.75) is 24.5 Å². The van der Waals surface area contributed by atoms with Crippen molar-refractivity contribution in [3.63, 3.8) is 0 Å². The molecule has 0 saturated carbocycles. The summed E-state index contributed by atoms with van der Waals surface area (Å²) in [5.41, 5.74) is 1.04. The second-order valence-corrected chi connectivity index (χ2v) is 6.78. The predicted molar refractivity (Wildman–Crippen MR) is 105 cm³/mol. The van der Waals surface area contributed by atoms with Crippen LogP contribution in [-0.2, 0) is 14.4 Å². The van der Waals surface area contributed by atoms with E-state index in [1.165, 1.54) is 6.21 Å². The second kappa shape index (κ2) is 10.9. The number of amides is 2. The first-order chi connectivity index (χ1) is 13.0. The first-order valence-corrected chi connectivity index (χ1v) is 9.21. The smallest absolute Gasteiger partial charge is 0.303 e. The minimum absolute atomic E-state index is 0.000214. The molecule has 0 aromatic heterocycles. The number of carboxylic acid groups (broad SMARTS) is 1. The molecule has 0 radical (unpaired) electrons. The van der Waals surface area contributed by atoms with E-state index in [1.54, 1.807) is 6.08 Å².